The van der Waals surface area contributed by atoms with Gasteiger partial charge < -0.3 is 15.4 Å². The zero-order valence-corrected chi connectivity index (χ0v) is 16.8. The SMILES string of the molecule is O=C(COC(=O)CNC(=O)C12CC3CC(CC(C3)C1)C2)NCC1CCCCC1. The van der Waals surface area contributed by atoms with Crippen molar-refractivity contribution in [3.8, 4) is 0 Å². The van der Waals surface area contributed by atoms with Gasteiger partial charge in [0.15, 0.2) is 6.61 Å². The van der Waals surface area contributed by atoms with Gasteiger partial charge in [-0.05, 0) is 75.0 Å². The Morgan fingerprint density at radius 1 is 0.857 bits per heavy atom. The number of hydrogen-bond donors (Lipinski definition) is 2. The summed E-state index contributed by atoms with van der Waals surface area (Å²) in [6, 6.07) is 0. The van der Waals surface area contributed by atoms with Crippen molar-refractivity contribution < 1.29 is 19.1 Å². The summed E-state index contributed by atoms with van der Waals surface area (Å²) in [7, 11) is 0. The zero-order chi connectivity index (χ0) is 19.6. The van der Waals surface area contributed by atoms with Gasteiger partial charge in [-0.3, -0.25) is 14.4 Å². The topological polar surface area (TPSA) is 84.5 Å². The van der Waals surface area contributed by atoms with E-state index in [0.29, 0.717) is 30.2 Å². The molecular weight excluding hydrogens is 356 g/mol. The molecule has 28 heavy (non-hydrogen) atoms. The number of carbonyl (C=O) groups excluding carboxylic acids is 3. The molecule has 0 atom stereocenters. The Morgan fingerprint density at radius 3 is 2.07 bits per heavy atom. The van der Waals surface area contributed by atoms with Crippen molar-refractivity contribution in [1.29, 1.82) is 0 Å². The van der Waals surface area contributed by atoms with Crippen LogP contribution >= 0.6 is 0 Å². The van der Waals surface area contributed by atoms with Crippen LogP contribution in [0.4, 0.5) is 0 Å². The monoisotopic (exact) mass is 390 g/mol. The highest BCUT2D eigenvalue weighted by Crippen LogP contribution is 2.60. The van der Waals surface area contributed by atoms with E-state index in [2.05, 4.69) is 10.6 Å². The van der Waals surface area contributed by atoms with Gasteiger partial charge in [0.2, 0.25) is 5.91 Å². The van der Waals surface area contributed by atoms with Crippen LogP contribution in [-0.2, 0) is 19.1 Å². The summed E-state index contributed by atoms with van der Waals surface area (Å²) in [6.45, 7) is 0.258. The first-order valence-corrected chi connectivity index (χ1v) is 11.2. The van der Waals surface area contributed by atoms with Crippen LogP contribution in [0.2, 0.25) is 0 Å². The average Bonchev–Trinajstić information content (AvgIpc) is 2.68. The van der Waals surface area contributed by atoms with E-state index in [4.69, 9.17) is 4.74 Å². The molecule has 156 valence electrons. The van der Waals surface area contributed by atoms with E-state index in [0.717, 1.165) is 32.1 Å². The van der Waals surface area contributed by atoms with Crippen LogP contribution in [0.15, 0.2) is 0 Å². The van der Waals surface area contributed by atoms with Gasteiger partial charge in [-0.1, -0.05) is 19.3 Å². The fourth-order valence-electron chi connectivity index (χ4n) is 6.63. The summed E-state index contributed by atoms with van der Waals surface area (Å²) in [5.74, 6) is 1.85. The second-order valence-corrected chi connectivity index (χ2v) is 9.85. The van der Waals surface area contributed by atoms with E-state index in [1.54, 1.807) is 0 Å². The van der Waals surface area contributed by atoms with Crippen LogP contribution < -0.4 is 10.6 Å². The number of carbonyl (C=O) groups is 3. The normalized spacial score (nSPS) is 34.1. The molecule has 5 saturated carbocycles. The maximum atomic E-state index is 12.8. The van der Waals surface area contributed by atoms with Gasteiger partial charge in [0.1, 0.15) is 6.54 Å². The van der Waals surface area contributed by atoms with Gasteiger partial charge in [-0.25, -0.2) is 0 Å². The van der Waals surface area contributed by atoms with Crippen molar-refractivity contribution in [1.82, 2.24) is 10.6 Å². The van der Waals surface area contributed by atoms with Crippen molar-refractivity contribution in [3.63, 3.8) is 0 Å². The second-order valence-electron chi connectivity index (χ2n) is 9.85. The first kappa shape index (κ1) is 19.7. The summed E-state index contributed by atoms with van der Waals surface area (Å²) >= 11 is 0. The largest absolute Gasteiger partial charge is 0.454 e. The van der Waals surface area contributed by atoms with Crippen molar-refractivity contribution in [2.45, 2.75) is 70.6 Å². The number of nitrogens with one attached hydrogen (secondary N) is 2. The number of esters is 1. The molecular formula is C22H34N2O4. The van der Waals surface area contributed by atoms with E-state index in [1.165, 1.54) is 38.5 Å². The Hall–Kier alpha value is -1.59. The second kappa shape index (κ2) is 8.42. The van der Waals surface area contributed by atoms with E-state index in [9.17, 15) is 14.4 Å². The molecule has 2 N–H and O–H groups in total. The number of amides is 2. The molecule has 0 spiro atoms. The maximum Gasteiger partial charge on any atom is 0.325 e. The minimum absolute atomic E-state index is 0.0188. The highest BCUT2D eigenvalue weighted by molar-refractivity contribution is 5.87. The van der Waals surface area contributed by atoms with E-state index < -0.39 is 5.97 Å². The minimum Gasteiger partial charge on any atom is -0.454 e. The van der Waals surface area contributed by atoms with E-state index in [-0.39, 0.29) is 30.4 Å². The number of hydrogen-bond acceptors (Lipinski definition) is 4. The molecule has 0 heterocycles. The lowest BCUT2D eigenvalue weighted by atomic mass is 9.49. The van der Waals surface area contributed by atoms with Gasteiger partial charge in [0.05, 0.1) is 0 Å². The van der Waals surface area contributed by atoms with Crippen LogP contribution in [0.5, 0.6) is 0 Å². The lowest BCUT2D eigenvalue weighted by Gasteiger charge is -2.55. The fourth-order valence-corrected chi connectivity index (χ4v) is 6.63. The lowest BCUT2D eigenvalue weighted by molar-refractivity contribution is -0.152. The number of ether oxygens (including phenoxy) is 1. The summed E-state index contributed by atoms with van der Waals surface area (Å²) in [5, 5.41) is 5.66. The number of rotatable bonds is 7. The third-order valence-corrected chi connectivity index (χ3v) is 7.59. The molecule has 0 aromatic rings. The molecule has 6 heteroatoms. The van der Waals surface area contributed by atoms with Crippen LogP contribution in [0.1, 0.15) is 70.6 Å². The van der Waals surface area contributed by atoms with Crippen LogP contribution in [-0.4, -0.2) is 37.5 Å². The molecule has 4 bridgehead atoms. The quantitative estimate of drug-likeness (QED) is 0.655. The molecule has 0 saturated heterocycles. The van der Waals surface area contributed by atoms with E-state index in [1.807, 2.05) is 0 Å². The fraction of sp³-hybridized carbons (Fsp3) is 0.864. The van der Waals surface area contributed by atoms with Gasteiger partial charge in [0, 0.05) is 12.0 Å². The third kappa shape index (κ3) is 4.52. The first-order chi connectivity index (χ1) is 13.5. The summed E-state index contributed by atoms with van der Waals surface area (Å²) < 4.78 is 5.05. The Bertz CT molecular complexity index is 576. The molecule has 0 aliphatic heterocycles. The Kier molecular flexibility index (Phi) is 5.93. The van der Waals surface area contributed by atoms with Gasteiger partial charge >= 0.3 is 5.97 Å². The summed E-state index contributed by atoms with van der Waals surface area (Å²) in [4.78, 5) is 36.7. The summed E-state index contributed by atoms with van der Waals surface area (Å²) in [6.07, 6.45) is 12.9. The smallest absolute Gasteiger partial charge is 0.325 e. The third-order valence-electron chi connectivity index (χ3n) is 7.59. The van der Waals surface area contributed by atoms with Crippen molar-refractivity contribution in [3.05, 3.63) is 0 Å². The van der Waals surface area contributed by atoms with Gasteiger partial charge in [-0.15, -0.1) is 0 Å². The van der Waals surface area contributed by atoms with Gasteiger partial charge in [0.25, 0.3) is 5.91 Å². The van der Waals surface area contributed by atoms with Crippen molar-refractivity contribution in [2.75, 3.05) is 19.7 Å². The first-order valence-electron chi connectivity index (χ1n) is 11.2. The Balaban J connectivity index is 1.14. The minimum atomic E-state index is -0.536. The van der Waals surface area contributed by atoms with Crippen molar-refractivity contribution in [2.24, 2.45) is 29.1 Å². The molecule has 5 fully saturated rings. The standard InChI is InChI=1S/C22H34N2O4/c25-19(23-12-15-4-2-1-3-5-15)14-28-20(26)13-24-21(27)22-9-16-6-17(10-22)8-18(7-16)11-22/h15-18H,1-14H2,(H,23,25)(H,24,27). The molecule has 5 aliphatic rings. The molecule has 5 rings (SSSR count). The Morgan fingerprint density at radius 2 is 1.46 bits per heavy atom. The van der Waals surface area contributed by atoms with Crippen LogP contribution in [0.25, 0.3) is 0 Å². The molecule has 0 aromatic carbocycles. The van der Waals surface area contributed by atoms with Crippen LogP contribution in [0, 0.1) is 29.1 Å². The Labute approximate surface area is 167 Å². The lowest BCUT2D eigenvalue weighted by Crippen LogP contribution is -2.54. The average molecular weight is 391 g/mol. The highest BCUT2D eigenvalue weighted by Gasteiger charge is 2.54. The molecule has 0 radical (unpaired) electrons. The molecule has 2 amide bonds. The van der Waals surface area contributed by atoms with E-state index >= 15 is 0 Å². The highest BCUT2D eigenvalue weighted by atomic mass is 16.5. The van der Waals surface area contributed by atoms with Gasteiger partial charge in [-0.2, -0.15) is 0 Å². The zero-order valence-electron chi connectivity index (χ0n) is 16.8. The molecule has 0 unspecified atom stereocenters. The predicted molar refractivity (Wildman–Crippen MR) is 104 cm³/mol. The molecule has 5 aliphatic carbocycles. The molecule has 0 aromatic heterocycles. The summed E-state index contributed by atoms with van der Waals surface area (Å²) in [5.41, 5.74) is -0.258. The van der Waals surface area contributed by atoms with Crippen molar-refractivity contribution >= 4 is 17.8 Å². The van der Waals surface area contributed by atoms with Crippen LogP contribution in [0.3, 0.4) is 0 Å². The molecule has 6 nitrogen and oxygen atoms in total. The predicted octanol–water partition coefficient (Wildman–Crippen LogP) is 2.56. The maximum absolute atomic E-state index is 12.8.